The van der Waals surface area contributed by atoms with Crippen LogP contribution in [0.4, 0.5) is 0 Å². The molecule has 21 heavy (non-hydrogen) atoms. The van der Waals surface area contributed by atoms with Crippen LogP contribution in [0.15, 0.2) is 29.9 Å². The molecule has 3 N–H and O–H groups in total. The van der Waals surface area contributed by atoms with Crippen molar-refractivity contribution in [1.29, 1.82) is 0 Å². The minimum atomic E-state index is -0.182. The van der Waals surface area contributed by atoms with Crippen molar-refractivity contribution < 1.29 is 4.79 Å². The highest BCUT2D eigenvalue weighted by atomic mass is 32.2. The van der Waals surface area contributed by atoms with E-state index in [0.29, 0.717) is 12.2 Å². The molecular weight excluding hydrogens is 304 g/mol. The molecule has 0 aliphatic rings. The number of pyridine rings is 1. The van der Waals surface area contributed by atoms with Gasteiger partial charge < -0.3 is 11.1 Å². The summed E-state index contributed by atoms with van der Waals surface area (Å²) in [5.41, 5.74) is 7.44. The fourth-order valence-corrected chi connectivity index (χ4v) is 3.03. The van der Waals surface area contributed by atoms with Crippen LogP contribution in [-0.2, 0) is 6.54 Å². The number of thioether (sulfide) groups is 1. The Hall–Kier alpha value is -1.44. The number of hydrogen-bond donors (Lipinski definition) is 2. The molecule has 1 amide bonds. The molecule has 1 unspecified atom stereocenters. The lowest BCUT2D eigenvalue weighted by atomic mass is 10.2. The summed E-state index contributed by atoms with van der Waals surface area (Å²) in [6.07, 6.45) is 6.34. The number of rotatable bonds is 7. The zero-order valence-electron chi connectivity index (χ0n) is 11.8. The summed E-state index contributed by atoms with van der Waals surface area (Å²) in [7, 11) is 0. The lowest BCUT2D eigenvalue weighted by molar-refractivity contribution is 0.0946. The van der Waals surface area contributed by atoms with E-state index in [0.717, 1.165) is 22.7 Å². The second kappa shape index (κ2) is 8.11. The van der Waals surface area contributed by atoms with Gasteiger partial charge in [0.25, 0.3) is 5.91 Å². The maximum absolute atomic E-state index is 12.0. The third kappa shape index (κ3) is 4.80. The zero-order valence-corrected chi connectivity index (χ0v) is 13.4. The van der Waals surface area contributed by atoms with E-state index in [1.165, 1.54) is 11.3 Å². The van der Waals surface area contributed by atoms with E-state index in [1.54, 1.807) is 29.5 Å². The molecule has 0 aromatic carbocycles. The second-order valence-corrected chi connectivity index (χ2v) is 6.38. The summed E-state index contributed by atoms with van der Waals surface area (Å²) < 4.78 is 0. The van der Waals surface area contributed by atoms with Gasteiger partial charge in [-0.05, 0) is 30.1 Å². The fraction of sp³-hybridized carbons (Fsp3) is 0.357. The molecular formula is C14H18N4OS2. The summed E-state index contributed by atoms with van der Waals surface area (Å²) in [5, 5.41) is 5.40. The quantitative estimate of drug-likeness (QED) is 0.817. The van der Waals surface area contributed by atoms with E-state index in [4.69, 9.17) is 5.73 Å². The number of aromatic nitrogens is 2. The third-order valence-electron chi connectivity index (χ3n) is 2.88. The van der Waals surface area contributed by atoms with Crippen molar-refractivity contribution in [3.8, 4) is 0 Å². The molecule has 0 bridgehead atoms. The first-order valence-corrected chi connectivity index (χ1v) is 8.85. The van der Waals surface area contributed by atoms with Crippen LogP contribution in [0.1, 0.15) is 33.5 Å². The average molecular weight is 322 g/mol. The highest BCUT2D eigenvalue weighted by Crippen LogP contribution is 2.20. The van der Waals surface area contributed by atoms with Gasteiger partial charge in [-0.1, -0.05) is 6.07 Å². The Bertz CT molecular complexity index is 573. The van der Waals surface area contributed by atoms with Gasteiger partial charge in [0.2, 0.25) is 0 Å². The smallest absolute Gasteiger partial charge is 0.271 e. The number of thiazole rings is 1. The summed E-state index contributed by atoms with van der Waals surface area (Å²) in [6.45, 7) is 0.443. The number of hydrogen-bond acceptors (Lipinski definition) is 6. The topological polar surface area (TPSA) is 80.9 Å². The van der Waals surface area contributed by atoms with Crippen LogP contribution in [0.3, 0.4) is 0 Å². The van der Waals surface area contributed by atoms with Gasteiger partial charge in [0.15, 0.2) is 0 Å². The van der Waals surface area contributed by atoms with E-state index >= 15 is 0 Å². The number of amides is 1. The van der Waals surface area contributed by atoms with Gasteiger partial charge in [0, 0.05) is 24.3 Å². The summed E-state index contributed by atoms with van der Waals surface area (Å²) in [5.74, 6) is 0.807. The SMILES string of the molecule is CSCCC(N)c1nc(C(=O)NCc2cccnc2)cs1. The number of nitrogens with one attached hydrogen (secondary N) is 1. The predicted molar refractivity (Wildman–Crippen MR) is 87.4 cm³/mol. The summed E-state index contributed by atoms with van der Waals surface area (Å²) in [4.78, 5) is 20.4. The molecule has 1 atom stereocenters. The largest absolute Gasteiger partial charge is 0.347 e. The molecule has 0 spiro atoms. The minimum Gasteiger partial charge on any atom is -0.347 e. The molecule has 0 fully saturated rings. The van der Waals surface area contributed by atoms with Crippen molar-refractivity contribution in [2.45, 2.75) is 19.0 Å². The maximum Gasteiger partial charge on any atom is 0.271 e. The van der Waals surface area contributed by atoms with Gasteiger partial charge in [-0.25, -0.2) is 4.98 Å². The molecule has 2 aromatic rings. The average Bonchev–Trinajstić information content (AvgIpc) is 3.01. The van der Waals surface area contributed by atoms with Gasteiger partial charge >= 0.3 is 0 Å². The van der Waals surface area contributed by atoms with Gasteiger partial charge in [-0.15, -0.1) is 11.3 Å². The highest BCUT2D eigenvalue weighted by Gasteiger charge is 2.14. The second-order valence-electron chi connectivity index (χ2n) is 4.50. The van der Waals surface area contributed by atoms with Crippen molar-refractivity contribution >= 4 is 29.0 Å². The Labute approximate surface area is 132 Å². The predicted octanol–water partition coefficient (Wildman–Crippen LogP) is 2.22. The lowest BCUT2D eigenvalue weighted by Crippen LogP contribution is -2.23. The number of nitrogens with zero attached hydrogens (tertiary/aromatic N) is 2. The molecule has 2 aromatic heterocycles. The van der Waals surface area contributed by atoms with E-state index in [2.05, 4.69) is 15.3 Å². The van der Waals surface area contributed by atoms with E-state index in [1.807, 2.05) is 18.4 Å². The van der Waals surface area contributed by atoms with Crippen molar-refractivity contribution in [1.82, 2.24) is 15.3 Å². The molecule has 0 radical (unpaired) electrons. The standard InChI is InChI=1S/C14H18N4OS2/c1-20-6-4-11(15)14-18-12(9-21-14)13(19)17-8-10-3-2-5-16-7-10/h2-3,5,7,9,11H,4,6,8,15H2,1H3,(H,17,19). The molecule has 2 rings (SSSR count). The monoisotopic (exact) mass is 322 g/mol. The van der Waals surface area contributed by atoms with Crippen LogP contribution in [0.25, 0.3) is 0 Å². The number of nitrogens with two attached hydrogens (primary N) is 1. The van der Waals surface area contributed by atoms with Crippen molar-refractivity contribution in [3.63, 3.8) is 0 Å². The zero-order chi connectivity index (χ0) is 15.1. The Morgan fingerprint density at radius 3 is 3.14 bits per heavy atom. The molecule has 0 saturated heterocycles. The van der Waals surface area contributed by atoms with Crippen molar-refractivity contribution in [2.24, 2.45) is 5.73 Å². The first-order chi connectivity index (χ1) is 10.2. The maximum atomic E-state index is 12.0. The van der Waals surface area contributed by atoms with Crippen LogP contribution in [0.5, 0.6) is 0 Å². The van der Waals surface area contributed by atoms with Crippen LogP contribution in [0.2, 0.25) is 0 Å². The van der Waals surface area contributed by atoms with Crippen LogP contribution >= 0.6 is 23.1 Å². The Kier molecular flexibility index (Phi) is 6.16. The Morgan fingerprint density at radius 1 is 1.57 bits per heavy atom. The van der Waals surface area contributed by atoms with Crippen LogP contribution in [-0.4, -0.2) is 27.9 Å². The van der Waals surface area contributed by atoms with Crippen molar-refractivity contribution in [3.05, 3.63) is 46.2 Å². The van der Waals surface area contributed by atoms with Gasteiger partial charge in [0.05, 0.1) is 6.04 Å². The Morgan fingerprint density at radius 2 is 2.43 bits per heavy atom. The van der Waals surface area contributed by atoms with E-state index in [-0.39, 0.29) is 11.9 Å². The summed E-state index contributed by atoms with van der Waals surface area (Å²) >= 11 is 3.19. The van der Waals surface area contributed by atoms with Gasteiger partial charge in [0.1, 0.15) is 10.7 Å². The first kappa shape index (κ1) is 15.9. The highest BCUT2D eigenvalue weighted by molar-refractivity contribution is 7.98. The number of carbonyl (C=O) groups excluding carboxylic acids is 1. The van der Waals surface area contributed by atoms with E-state index in [9.17, 15) is 4.79 Å². The van der Waals surface area contributed by atoms with Gasteiger partial charge in [-0.2, -0.15) is 11.8 Å². The van der Waals surface area contributed by atoms with Crippen LogP contribution in [0, 0.1) is 0 Å². The molecule has 0 aliphatic heterocycles. The molecule has 112 valence electrons. The molecule has 7 heteroatoms. The Balaban J connectivity index is 1.90. The lowest BCUT2D eigenvalue weighted by Gasteiger charge is -2.06. The van der Waals surface area contributed by atoms with E-state index < -0.39 is 0 Å². The summed E-state index contributed by atoms with van der Waals surface area (Å²) in [6, 6.07) is 3.66. The van der Waals surface area contributed by atoms with Crippen molar-refractivity contribution in [2.75, 3.05) is 12.0 Å². The third-order valence-corrected chi connectivity index (χ3v) is 4.50. The first-order valence-electron chi connectivity index (χ1n) is 6.57. The minimum absolute atomic E-state index is 0.0951. The van der Waals surface area contributed by atoms with Gasteiger partial charge in [-0.3, -0.25) is 9.78 Å². The van der Waals surface area contributed by atoms with Crippen LogP contribution < -0.4 is 11.1 Å². The number of carbonyl (C=O) groups is 1. The molecule has 0 aliphatic carbocycles. The molecule has 0 saturated carbocycles. The molecule has 5 nitrogen and oxygen atoms in total. The fourth-order valence-electron chi connectivity index (χ4n) is 1.71. The molecule has 2 heterocycles. The normalized spacial score (nSPS) is 12.1.